The molecule has 2 aromatic rings. The zero-order chi connectivity index (χ0) is 13.2. The summed E-state index contributed by atoms with van der Waals surface area (Å²) in [5, 5.41) is 9.92. The van der Waals surface area contributed by atoms with Crippen molar-refractivity contribution in [2.45, 2.75) is 12.3 Å². The molecule has 1 heterocycles. The van der Waals surface area contributed by atoms with Crippen molar-refractivity contribution >= 4 is 0 Å². The van der Waals surface area contributed by atoms with Gasteiger partial charge in [0.2, 0.25) is 0 Å². The van der Waals surface area contributed by atoms with Gasteiger partial charge in [0.25, 0.3) is 0 Å². The van der Waals surface area contributed by atoms with Gasteiger partial charge < -0.3 is 5.11 Å². The summed E-state index contributed by atoms with van der Waals surface area (Å²) < 4.78 is 37.1. The molecular weight excluding hydrogens is 245 g/mol. The van der Waals surface area contributed by atoms with Gasteiger partial charge in [0.1, 0.15) is 12.4 Å². The summed E-state index contributed by atoms with van der Waals surface area (Å²) in [5.74, 6) is 0. The highest BCUT2D eigenvalue weighted by Gasteiger charge is 2.30. The number of hydrogen-bond donors (Lipinski definition) is 1. The average Bonchev–Trinajstić information content (AvgIpc) is 2.38. The van der Waals surface area contributed by atoms with Crippen LogP contribution in [0.15, 0.2) is 43.0 Å². The second kappa shape index (κ2) is 4.73. The van der Waals surface area contributed by atoms with Gasteiger partial charge in [-0.25, -0.2) is 9.97 Å². The molecule has 0 bridgehead atoms. The summed E-state index contributed by atoms with van der Waals surface area (Å²) >= 11 is 0. The van der Waals surface area contributed by atoms with E-state index in [9.17, 15) is 18.3 Å². The lowest BCUT2D eigenvalue weighted by atomic mass is 10.0. The van der Waals surface area contributed by atoms with Gasteiger partial charge in [-0.3, -0.25) is 0 Å². The Bertz CT molecular complexity index is 511. The lowest BCUT2D eigenvalue weighted by Crippen LogP contribution is -2.06. The highest BCUT2D eigenvalue weighted by Crippen LogP contribution is 2.30. The van der Waals surface area contributed by atoms with Crippen LogP contribution in [-0.4, -0.2) is 15.1 Å². The summed E-state index contributed by atoms with van der Waals surface area (Å²) in [7, 11) is 0. The van der Waals surface area contributed by atoms with Crippen molar-refractivity contribution in [3.05, 3.63) is 59.7 Å². The molecule has 1 aromatic heterocycles. The Labute approximate surface area is 101 Å². The normalized spacial score (nSPS) is 13.3. The maximum Gasteiger partial charge on any atom is 0.416 e. The number of aromatic nitrogens is 2. The molecule has 1 unspecified atom stereocenters. The highest BCUT2D eigenvalue weighted by atomic mass is 19.4. The van der Waals surface area contributed by atoms with Gasteiger partial charge in [0, 0.05) is 18.0 Å². The van der Waals surface area contributed by atoms with Crippen LogP contribution in [-0.2, 0) is 6.18 Å². The van der Waals surface area contributed by atoms with Crippen LogP contribution in [0.2, 0.25) is 0 Å². The van der Waals surface area contributed by atoms with Crippen LogP contribution < -0.4 is 0 Å². The van der Waals surface area contributed by atoms with Gasteiger partial charge in [0.05, 0.1) is 5.56 Å². The van der Waals surface area contributed by atoms with E-state index in [0.29, 0.717) is 11.1 Å². The van der Waals surface area contributed by atoms with E-state index in [1.165, 1.54) is 30.9 Å². The number of nitrogens with zero attached hydrogens (tertiary/aromatic N) is 2. The lowest BCUT2D eigenvalue weighted by Gasteiger charge is -2.12. The Morgan fingerprint density at radius 3 is 2.00 bits per heavy atom. The van der Waals surface area contributed by atoms with E-state index in [1.807, 2.05) is 0 Å². The van der Waals surface area contributed by atoms with Gasteiger partial charge in [-0.05, 0) is 17.7 Å². The van der Waals surface area contributed by atoms with E-state index in [2.05, 4.69) is 9.97 Å². The second-order valence-electron chi connectivity index (χ2n) is 3.69. The Morgan fingerprint density at radius 2 is 1.50 bits per heavy atom. The quantitative estimate of drug-likeness (QED) is 0.895. The predicted molar refractivity (Wildman–Crippen MR) is 57.5 cm³/mol. The number of halogens is 3. The third kappa shape index (κ3) is 2.65. The van der Waals surface area contributed by atoms with Crippen molar-refractivity contribution in [1.29, 1.82) is 0 Å². The van der Waals surface area contributed by atoms with Gasteiger partial charge >= 0.3 is 6.18 Å². The van der Waals surface area contributed by atoms with Gasteiger partial charge in [-0.1, -0.05) is 12.1 Å². The van der Waals surface area contributed by atoms with E-state index in [1.54, 1.807) is 0 Å². The first-order chi connectivity index (χ1) is 8.48. The average molecular weight is 254 g/mol. The molecule has 0 spiro atoms. The van der Waals surface area contributed by atoms with Gasteiger partial charge in [-0.2, -0.15) is 13.2 Å². The first kappa shape index (κ1) is 12.5. The maximum atomic E-state index is 12.4. The van der Waals surface area contributed by atoms with Crippen molar-refractivity contribution < 1.29 is 18.3 Å². The Kier molecular flexibility index (Phi) is 3.29. The number of alkyl halides is 3. The molecule has 0 aliphatic heterocycles. The summed E-state index contributed by atoms with van der Waals surface area (Å²) in [6, 6.07) is 4.34. The Hall–Kier alpha value is -1.95. The van der Waals surface area contributed by atoms with Crippen molar-refractivity contribution in [1.82, 2.24) is 9.97 Å². The van der Waals surface area contributed by atoms with E-state index in [4.69, 9.17) is 0 Å². The van der Waals surface area contributed by atoms with Crippen LogP contribution >= 0.6 is 0 Å². The summed E-state index contributed by atoms with van der Waals surface area (Å²) in [4.78, 5) is 7.47. The van der Waals surface area contributed by atoms with Gasteiger partial charge in [0.15, 0.2) is 0 Å². The number of hydrogen-bond acceptors (Lipinski definition) is 3. The molecule has 0 saturated heterocycles. The maximum absolute atomic E-state index is 12.4. The third-order valence-electron chi connectivity index (χ3n) is 2.45. The van der Waals surface area contributed by atoms with Crippen LogP contribution in [0.25, 0.3) is 0 Å². The van der Waals surface area contributed by atoms with E-state index in [-0.39, 0.29) is 0 Å². The third-order valence-corrected chi connectivity index (χ3v) is 2.45. The minimum atomic E-state index is -4.38. The van der Waals surface area contributed by atoms with Crippen LogP contribution in [0, 0.1) is 0 Å². The highest BCUT2D eigenvalue weighted by molar-refractivity contribution is 5.30. The SMILES string of the molecule is OC(c1ccc(C(F)(F)F)cc1)c1cncnc1. The molecule has 0 fully saturated rings. The molecule has 1 N–H and O–H groups in total. The Morgan fingerprint density at radius 1 is 0.944 bits per heavy atom. The summed E-state index contributed by atoms with van der Waals surface area (Å²) in [5.41, 5.74) is 0.0396. The first-order valence-electron chi connectivity index (χ1n) is 5.08. The minimum absolute atomic E-state index is 0.359. The standard InChI is InChI=1S/C12H9F3N2O/c13-12(14,15)10-3-1-8(2-4-10)11(18)9-5-16-7-17-6-9/h1-7,11,18H. The predicted octanol–water partition coefficient (Wildman–Crippen LogP) is 2.58. The van der Waals surface area contributed by atoms with Crippen molar-refractivity contribution in [3.8, 4) is 0 Å². The minimum Gasteiger partial charge on any atom is -0.384 e. The Balaban J connectivity index is 2.25. The molecule has 0 aliphatic rings. The molecule has 0 aliphatic carbocycles. The number of aliphatic hydroxyl groups excluding tert-OH is 1. The largest absolute Gasteiger partial charge is 0.416 e. The van der Waals surface area contributed by atoms with E-state index in [0.717, 1.165) is 12.1 Å². The monoisotopic (exact) mass is 254 g/mol. The molecule has 0 amide bonds. The van der Waals surface area contributed by atoms with Crippen molar-refractivity contribution in [3.63, 3.8) is 0 Å². The molecular formula is C12H9F3N2O. The fourth-order valence-corrected chi connectivity index (χ4v) is 1.50. The molecule has 0 saturated carbocycles. The summed E-state index contributed by atoms with van der Waals surface area (Å²) in [6.07, 6.45) is -1.28. The molecule has 6 heteroatoms. The van der Waals surface area contributed by atoms with E-state index < -0.39 is 17.8 Å². The van der Waals surface area contributed by atoms with Crippen LogP contribution in [0.5, 0.6) is 0 Å². The molecule has 1 aromatic carbocycles. The second-order valence-corrected chi connectivity index (χ2v) is 3.69. The summed E-state index contributed by atoms with van der Waals surface area (Å²) in [6.45, 7) is 0. The smallest absolute Gasteiger partial charge is 0.384 e. The number of aliphatic hydroxyl groups is 1. The van der Waals surface area contributed by atoms with Crippen LogP contribution in [0.4, 0.5) is 13.2 Å². The topological polar surface area (TPSA) is 46.0 Å². The molecule has 18 heavy (non-hydrogen) atoms. The zero-order valence-electron chi connectivity index (χ0n) is 9.09. The zero-order valence-corrected chi connectivity index (χ0v) is 9.09. The van der Waals surface area contributed by atoms with Crippen molar-refractivity contribution in [2.75, 3.05) is 0 Å². The molecule has 1 atom stereocenters. The first-order valence-corrected chi connectivity index (χ1v) is 5.08. The van der Waals surface area contributed by atoms with Crippen molar-refractivity contribution in [2.24, 2.45) is 0 Å². The number of benzene rings is 1. The number of rotatable bonds is 2. The lowest BCUT2D eigenvalue weighted by molar-refractivity contribution is -0.137. The fraction of sp³-hybridized carbons (Fsp3) is 0.167. The molecule has 2 rings (SSSR count). The molecule has 94 valence electrons. The van der Waals surface area contributed by atoms with Gasteiger partial charge in [-0.15, -0.1) is 0 Å². The molecule has 3 nitrogen and oxygen atoms in total. The molecule has 0 radical (unpaired) electrons. The van der Waals surface area contributed by atoms with Crippen LogP contribution in [0.1, 0.15) is 22.8 Å². The fourth-order valence-electron chi connectivity index (χ4n) is 1.50. The van der Waals surface area contributed by atoms with E-state index >= 15 is 0 Å². The van der Waals surface area contributed by atoms with Crippen LogP contribution in [0.3, 0.4) is 0 Å².